The van der Waals surface area contributed by atoms with E-state index in [0.717, 1.165) is 49.2 Å². The topological polar surface area (TPSA) is 51.6 Å². The Morgan fingerprint density at radius 1 is 0.300 bits per heavy atom. The number of pyridine rings is 1. The van der Waals surface area contributed by atoms with E-state index < -0.39 is 0 Å². The first-order valence-electron chi connectivity index (χ1n) is 16.8. The van der Waals surface area contributed by atoms with Gasteiger partial charge in [-0.05, 0) is 89.3 Å². The Morgan fingerprint density at radius 2 is 0.880 bits per heavy atom. The molecular weight excluding hydrogens is 609 g/mol. The summed E-state index contributed by atoms with van der Waals surface area (Å²) >= 11 is 0. The summed E-state index contributed by atoms with van der Waals surface area (Å²) in [5.41, 5.74) is 5.20. The van der Waals surface area contributed by atoms with Crippen molar-refractivity contribution < 1.29 is 0 Å². The molecule has 0 radical (unpaired) electrons. The number of fused-ring (bicyclic) bond motifs is 6. The van der Waals surface area contributed by atoms with Gasteiger partial charge in [0, 0.05) is 29.1 Å². The van der Waals surface area contributed by atoms with Crippen LogP contribution in [-0.4, -0.2) is 19.9 Å². The fraction of sp³-hybridized carbons (Fsp3) is 0. The molecular formula is C46H28N4. The number of nitrogens with zero attached hydrogens (tertiary/aromatic N) is 4. The lowest BCUT2D eigenvalue weighted by Crippen LogP contribution is -2.02. The number of rotatable bonds is 4. The van der Waals surface area contributed by atoms with Crippen LogP contribution in [0.2, 0.25) is 0 Å². The molecule has 0 N–H and O–H groups in total. The highest BCUT2D eigenvalue weighted by Crippen LogP contribution is 2.43. The van der Waals surface area contributed by atoms with Crippen molar-refractivity contribution in [3.8, 4) is 45.3 Å². The lowest BCUT2D eigenvalue weighted by atomic mass is 9.88. The summed E-state index contributed by atoms with van der Waals surface area (Å²) in [6, 6.07) is 55.5. The van der Waals surface area contributed by atoms with E-state index in [2.05, 4.69) is 145 Å². The summed E-state index contributed by atoms with van der Waals surface area (Å²) in [5.74, 6) is 1.93. The van der Waals surface area contributed by atoms with Crippen molar-refractivity contribution in [2.24, 2.45) is 0 Å². The van der Waals surface area contributed by atoms with E-state index in [1.54, 1.807) is 0 Å². The third kappa shape index (κ3) is 4.54. The third-order valence-electron chi connectivity index (χ3n) is 9.78. The van der Waals surface area contributed by atoms with Crippen LogP contribution in [0.15, 0.2) is 170 Å². The summed E-state index contributed by atoms with van der Waals surface area (Å²) in [6.45, 7) is 0. The fourth-order valence-corrected chi connectivity index (χ4v) is 7.50. The van der Waals surface area contributed by atoms with Crippen LogP contribution >= 0.6 is 0 Å². The van der Waals surface area contributed by atoms with Gasteiger partial charge in [0.15, 0.2) is 17.5 Å². The van der Waals surface area contributed by atoms with Crippen LogP contribution in [0.4, 0.5) is 0 Å². The van der Waals surface area contributed by atoms with Crippen molar-refractivity contribution in [3.05, 3.63) is 170 Å². The van der Waals surface area contributed by atoms with Gasteiger partial charge in [-0.3, -0.25) is 4.98 Å². The van der Waals surface area contributed by atoms with Crippen molar-refractivity contribution >= 4 is 53.9 Å². The van der Waals surface area contributed by atoms with E-state index >= 15 is 0 Å². The highest BCUT2D eigenvalue weighted by molar-refractivity contribution is 6.21. The first kappa shape index (κ1) is 28.3. The standard InChI is InChI=1S/C46H28N4/c1-2-11-30(12-3-1)44-48-45(40-20-10-19-34-35(40)22-21-33-27-31-13-4-5-14-32(31)28-41(33)34)50-46(49-44)43-38-17-8-6-15-36(38)42(29-23-25-47-26-24-29)37-16-7-9-18-39(37)43/h1-28H. The van der Waals surface area contributed by atoms with E-state index in [1.807, 2.05) is 30.6 Å². The number of benzene rings is 8. The first-order valence-corrected chi connectivity index (χ1v) is 16.8. The van der Waals surface area contributed by atoms with Gasteiger partial charge < -0.3 is 0 Å². The van der Waals surface area contributed by atoms with E-state index in [4.69, 9.17) is 15.0 Å². The van der Waals surface area contributed by atoms with Crippen molar-refractivity contribution in [1.29, 1.82) is 0 Å². The molecule has 8 aromatic carbocycles. The SMILES string of the molecule is c1ccc(-c2nc(-c3c4ccccc4c(-c4ccncc4)c4ccccc34)nc(-c3cccc4c3ccc3cc5ccccc5cc34)n2)cc1. The zero-order chi connectivity index (χ0) is 33.0. The van der Waals surface area contributed by atoms with Crippen molar-refractivity contribution in [2.45, 2.75) is 0 Å². The maximum absolute atomic E-state index is 5.35. The van der Waals surface area contributed by atoms with Gasteiger partial charge in [0.2, 0.25) is 0 Å². The second kappa shape index (κ2) is 11.4. The molecule has 0 aliphatic rings. The summed E-state index contributed by atoms with van der Waals surface area (Å²) in [7, 11) is 0. The summed E-state index contributed by atoms with van der Waals surface area (Å²) < 4.78 is 0. The summed E-state index contributed by atoms with van der Waals surface area (Å²) in [6.07, 6.45) is 3.71. The van der Waals surface area contributed by atoms with Crippen LogP contribution in [0.5, 0.6) is 0 Å². The Kier molecular flexibility index (Phi) is 6.46. The second-order valence-corrected chi connectivity index (χ2v) is 12.6. The number of hydrogen-bond donors (Lipinski definition) is 0. The average Bonchev–Trinajstić information content (AvgIpc) is 3.19. The molecule has 0 aliphatic heterocycles. The van der Waals surface area contributed by atoms with Crippen molar-refractivity contribution in [3.63, 3.8) is 0 Å². The lowest BCUT2D eigenvalue weighted by molar-refractivity contribution is 1.08. The molecule has 0 saturated carbocycles. The molecule has 0 amide bonds. The van der Waals surface area contributed by atoms with Crippen LogP contribution in [0, 0.1) is 0 Å². The predicted molar refractivity (Wildman–Crippen MR) is 207 cm³/mol. The molecule has 10 rings (SSSR count). The molecule has 0 saturated heterocycles. The van der Waals surface area contributed by atoms with Gasteiger partial charge in [-0.25, -0.2) is 15.0 Å². The molecule has 0 spiro atoms. The Labute approximate surface area is 288 Å². The minimum absolute atomic E-state index is 0.640. The average molecular weight is 637 g/mol. The Hall–Kier alpha value is -6.78. The van der Waals surface area contributed by atoms with Crippen molar-refractivity contribution in [2.75, 3.05) is 0 Å². The minimum atomic E-state index is 0.640. The molecule has 2 aromatic heterocycles. The second-order valence-electron chi connectivity index (χ2n) is 12.6. The molecule has 0 atom stereocenters. The molecule has 2 heterocycles. The van der Waals surface area contributed by atoms with Gasteiger partial charge in [0.05, 0.1) is 0 Å². The first-order chi connectivity index (χ1) is 24.8. The van der Waals surface area contributed by atoms with Crippen LogP contribution in [-0.2, 0) is 0 Å². The Morgan fingerprint density at radius 3 is 1.60 bits per heavy atom. The minimum Gasteiger partial charge on any atom is -0.265 e. The fourth-order valence-electron chi connectivity index (χ4n) is 7.50. The smallest absolute Gasteiger partial charge is 0.165 e. The normalized spacial score (nSPS) is 11.6. The number of aromatic nitrogens is 4. The zero-order valence-electron chi connectivity index (χ0n) is 27.0. The molecule has 232 valence electrons. The molecule has 0 aliphatic carbocycles. The van der Waals surface area contributed by atoms with Gasteiger partial charge >= 0.3 is 0 Å². The van der Waals surface area contributed by atoms with Gasteiger partial charge in [-0.2, -0.15) is 0 Å². The van der Waals surface area contributed by atoms with Crippen LogP contribution in [0.25, 0.3) is 99.2 Å². The molecule has 10 aromatic rings. The summed E-state index contributed by atoms with van der Waals surface area (Å²) in [5, 5.41) is 11.6. The predicted octanol–water partition coefficient (Wildman–Crippen LogP) is 11.7. The third-order valence-corrected chi connectivity index (χ3v) is 9.78. The quantitative estimate of drug-likeness (QED) is 0.142. The van der Waals surface area contributed by atoms with Crippen LogP contribution < -0.4 is 0 Å². The lowest BCUT2D eigenvalue weighted by Gasteiger charge is -2.17. The Bertz CT molecular complexity index is 2860. The maximum atomic E-state index is 5.35. The van der Waals surface area contributed by atoms with Gasteiger partial charge in [-0.1, -0.05) is 133 Å². The van der Waals surface area contributed by atoms with Gasteiger partial charge in [0.25, 0.3) is 0 Å². The van der Waals surface area contributed by atoms with E-state index in [9.17, 15) is 0 Å². The summed E-state index contributed by atoms with van der Waals surface area (Å²) in [4.78, 5) is 20.1. The molecule has 0 unspecified atom stereocenters. The highest BCUT2D eigenvalue weighted by atomic mass is 15.0. The molecule has 0 fully saturated rings. The highest BCUT2D eigenvalue weighted by Gasteiger charge is 2.21. The molecule has 4 heteroatoms. The van der Waals surface area contributed by atoms with E-state index in [-0.39, 0.29) is 0 Å². The zero-order valence-corrected chi connectivity index (χ0v) is 27.0. The maximum Gasteiger partial charge on any atom is 0.165 e. The number of hydrogen-bond acceptors (Lipinski definition) is 4. The van der Waals surface area contributed by atoms with Crippen molar-refractivity contribution in [1.82, 2.24) is 19.9 Å². The molecule has 50 heavy (non-hydrogen) atoms. The van der Waals surface area contributed by atoms with Crippen LogP contribution in [0.1, 0.15) is 0 Å². The largest absolute Gasteiger partial charge is 0.265 e. The Balaban J connectivity index is 1.28. The molecule has 0 bridgehead atoms. The molecule has 4 nitrogen and oxygen atoms in total. The van der Waals surface area contributed by atoms with Crippen LogP contribution in [0.3, 0.4) is 0 Å². The van der Waals surface area contributed by atoms with E-state index in [1.165, 1.54) is 32.5 Å². The monoisotopic (exact) mass is 636 g/mol. The van der Waals surface area contributed by atoms with Gasteiger partial charge in [0.1, 0.15) is 0 Å². The van der Waals surface area contributed by atoms with E-state index in [0.29, 0.717) is 17.5 Å². The van der Waals surface area contributed by atoms with Gasteiger partial charge in [-0.15, -0.1) is 0 Å².